The molecule has 0 spiro atoms. The monoisotopic (exact) mass is 434 g/mol. The molecule has 1 atom stereocenters. The van der Waals surface area contributed by atoms with Gasteiger partial charge >= 0.3 is 5.97 Å². The lowest BCUT2D eigenvalue weighted by molar-refractivity contribution is 0.0695. The molecule has 0 amide bonds. The molecule has 10 heteroatoms. The van der Waals surface area contributed by atoms with Crippen molar-refractivity contribution in [3.63, 3.8) is 0 Å². The summed E-state index contributed by atoms with van der Waals surface area (Å²) in [4.78, 5) is 26.0. The van der Waals surface area contributed by atoms with Gasteiger partial charge in [-0.2, -0.15) is 0 Å². The fourth-order valence-corrected chi connectivity index (χ4v) is 3.91. The molecule has 2 heterocycles. The van der Waals surface area contributed by atoms with Crippen LogP contribution in [0.1, 0.15) is 16.8 Å². The molecule has 156 valence electrons. The Bertz CT molecular complexity index is 1260. The predicted molar refractivity (Wildman–Crippen MR) is 111 cm³/mol. The molecule has 0 bridgehead atoms. The van der Waals surface area contributed by atoms with Crippen molar-refractivity contribution in [2.24, 2.45) is 5.73 Å². The summed E-state index contributed by atoms with van der Waals surface area (Å²) >= 11 is 6.18. The van der Waals surface area contributed by atoms with Crippen molar-refractivity contribution in [2.45, 2.75) is 12.5 Å². The van der Waals surface area contributed by atoms with Gasteiger partial charge in [0.2, 0.25) is 5.43 Å². The van der Waals surface area contributed by atoms with Crippen LogP contribution in [0.3, 0.4) is 0 Å². The number of anilines is 2. The first kappa shape index (κ1) is 20.1. The third-order valence-electron chi connectivity index (χ3n) is 5.19. The number of aromatic nitrogens is 1. The van der Waals surface area contributed by atoms with Crippen LogP contribution < -0.4 is 21.8 Å². The van der Waals surface area contributed by atoms with Crippen LogP contribution in [-0.4, -0.2) is 34.8 Å². The summed E-state index contributed by atoms with van der Waals surface area (Å²) in [5.74, 6) is -2.91. The zero-order valence-corrected chi connectivity index (χ0v) is 16.3. The number of nitrogens with two attached hydrogens (primary N) is 2. The molecule has 7 nitrogen and oxygen atoms in total. The lowest BCUT2D eigenvalue weighted by Crippen LogP contribution is -2.27. The Morgan fingerprint density at radius 2 is 1.90 bits per heavy atom. The second kappa shape index (κ2) is 7.26. The molecular weight excluding hydrogens is 418 g/mol. The number of halogens is 3. The zero-order chi connectivity index (χ0) is 21.7. The number of rotatable bonds is 3. The summed E-state index contributed by atoms with van der Waals surface area (Å²) < 4.78 is 30.0. The third kappa shape index (κ3) is 3.25. The predicted octanol–water partition coefficient (Wildman–Crippen LogP) is 2.74. The normalized spacial score (nSPS) is 16.4. The molecule has 0 aliphatic carbocycles. The molecule has 5 N–H and O–H groups in total. The Balaban J connectivity index is 2.07. The van der Waals surface area contributed by atoms with Gasteiger partial charge in [0.15, 0.2) is 0 Å². The molecule has 1 aromatic heterocycles. The van der Waals surface area contributed by atoms with Crippen LogP contribution in [0.15, 0.2) is 35.3 Å². The Hall–Kier alpha value is -3.17. The smallest absolute Gasteiger partial charge is 0.341 e. The van der Waals surface area contributed by atoms with Crippen LogP contribution in [0.5, 0.6) is 0 Å². The average molecular weight is 435 g/mol. The van der Waals surface area contributed by atoms with E-state index in [0.717, 1.165) is 18.3 Å². The van der Waals surface area contributed by atoms with E-state index in [1.165, 1.54) is 16.7 Å². The number of carbonyl (C=O) groups is 1. The highest BCUT2D eigenvalue weighted by Crippen LogP contribution is 2.32. The fraction of sp³-hybridized carbons (Fsp3) is 0.200. The maximum absolute atomic E-state index is 14.9. The van der Waals surface area contributed by atoms with Crippen LogP contribution in [0.25, 0.3) is 16.6 Å². The van der Waals surface area contributed by atoms with E-state index in [1.54, 1.807) is 4.90 Å². The highest BCUT2D eigenvalue weighted by atomic mass is 35.5. The van der Waals surface area contributed by atoms with E-state index in [2.05, 4.69) is 0 Å². The summed E-state index contributed by atoms with van der Waals surface area (Å²) in [6.07, 6.45) is 1.76. The van der Waals surface area contributed by atoms with Gasteiger partial charge in [0.25, 0.3) is 0 Å². The highest BCUT2D eigenvalue weighted by molar-refractivity contribution is 6.32. The van der Waals surface area contributed by atoms with E-state index >= 15 is 0 Å². The van der Waals surface area contributed by atoms with Gasteiger partial charge in [-0.15, -0.1) is 0 Å². The van der Waals surface area contributed by atoms with Gasteiger partial charge in [-0.1, -0.05) is 11.6 Å². The number of nitrogens with zero attached hydrogens (tertiary/aromatic N) is 2. The number of carboxylic acid groups (broad SMARTS) is 1. The molecular formula is C20H17ClF2N4O3. The minimum atomic E-state index is -1.49. The van der Waals surface area contributed by atoms with Gasteiger partial charge in [0.1, 0.15) is 17.2 Å². The first-order chi connectivity index (χ1) is 14.2. The number of fused-ring (bicyclic) bond motifs is 1. The maximum Gasteiger partial charge on any atom is 0.341 e. The Labute approximate surface area is 174 Å². The molecule has 4 rings (SSSR count). The van der Waals surface area contributed by atoms with E-state index in [-0.39, 0.29) is 39.0 Å². The lowest BCUT2D eigenvalue weighted by Gasteiger charge is -2.21. The van der Waals surface area contributed by atoms with Crippen molar-refractivity contribution < 1.29 is 18.7 Å². The molecule has 0 radical (unpaired) electrons. The molecule has 0 saturated carbocycles. The van der Waals surface area contributed by atoms with Crippen molar-refractivity contribution in [1.29, 1.82) is 0 Å². The van der Waals surface area contributed by atoms with Crippen molar-refractivity contribution in [3.05, 3.63) is 62.9 Å². The van der Waals surface area contributed by atoms with Crippen molar-refractivity contribution in [1.82, 2.24) is 4.57 Å². The van der Waals surface area contributed by atoms with Crippen molar-refractivity contribution >= 4 is 39.8 Å². The van der Waals surface area contributed by atoms with E-state index in [9.17, 15) is 23.5 Å². The van der Waals surface area contributed by atoms with Gasteiger partial charge in [-0.05, 0) is 30.7 Å². The number of benzene rings is 2. The number of pyridine rings is 1. The van der Waals surface area contributed by atoms with Crippen LogP contribution in [-0.2, 0) is 0 Å². The summed E-state index contributed by atoms with van der Waals surface area (Å²) in [5.41, 5.74) is 10.5. The van der Waals surface area contributed by atoms with Crippen molar-refractivity contribution in [2.75, 3.05) is 23.7 Å². The van der Waals surface area contributed by atoms with Crippen LogP contribution in [0, 0.1) is 11.6 Å². The molecule has 1 saturated heterocycles. The van der Waals surface area contributed by atoms with Gasteiger partial charge in [-0.3, -0.25) is 4.79 Å². The molecule has 30 heavy (non-hydrogen) atoms. The number of carboxylic acids is 1. The summed E-state index contributed by atoms with van der Waals surface area (Å²) in [6.45, 7) is 0.968. The molecule has 1 aliphatic heterocycles. The summed E-state index contributed by atoms with van der Waals surface area (Å²) in [7, 11) is 0. The topological polar surface area (TPSA) is 115 Å². The average Bonchev–Trinajstić information content (AvgIpc) is 3.11. The van der Waals surface area contributed by atoms with Gasteiger partial charge < -0.3 is 26.0 Å². The number of aromatic carboxylic acids is 1. The molecule has 1 unspecified atom stereocenters. The van der Waals surface area contributed by atoms with E-state index in [0.29, 0.717) is 19.5 Å². The Morgan fingerprint density at radius 3 is 2.53 bits per heavy atom. The standard InChI is InChI=1S/C20H17ClF2N4O3/c21-12-4-13(22)15(25)5-17(12)27-8-11(20(29)30)19(28)10-3-14(23)18(6-16(10)27)26-2-1-9(24)7-26/h3-6,8-9H,1-2,7,24-25H2,(H,29,30). The van der Waals surface area contributed by atoms with Crippen LogP contribution >= 0.6 is 11.6 Å². The van der Waals surface area contributed by atoms with E-state index in [1.807, 2.05) is 0 Å². The minimum absolute atomic E-state index is 0.0583. The number of nitrogen functional groups attached to an aromatic ring is 1. The summed E-state index contributed by atoms with van der Waals surface area (Å²) in [5, 5.41) is 9.23. The van der Waals surface area contributed by atoms with Crippen LogP contribution in [0.4, 0.5) is 20.2 Å². The van der Waals surface area contributed by atoms with E-state index in [4.69, 9.17) is 23.1 Å². The van der Waals surface area contributed by atoms with Crippen molar-refractivity contribution in [3.8, 4) is 5.69 Å². The molecule has 1 fully saturated rings. The second-order valence-electron chi connectivity index (χ2n) is 7.19. The highest BCUT2D eigenvalue weighted by Gasteiger charge is 2.25. The van der Waals surface area contributed by atoms with Gasteiger partial charge in [0.05, 0.1) is 27.6 Å². The summed E-state index contributed by atoms with van der Waals surface area (Å²) in [6, 6.07) is 4.54. The fourth-order valence-electron chi connectivity index (χ4n) is 3.67. The number of hydrogen-bond acceptors (Lipinski definition) is 5. The quantitative estimate of drug-likeness (QED) is 0.546. The van der Waals surface area contributed by atoms with Gasteiger partial charge in [-0.25, -0.2) is 13.6 Å². The Morgan fingerprint density at radius 1 is 1.17 bits per heavy atom. The molecule has 1 aliphatic rings. The molecule has 2 aromatic carbocycles. The minimum Gasteiger partial charge on any atom is -0.477 e. The SMILES string of the molecule is Nc1cc(-n2cc(C(=O)O)c(=O)c3cc(F)c(N4CCC(N)C4)cc32)c(Cl)cc1F. The lowest BCUT2D eigenvalue weighted by atomic mass is 10.1. The first-order valence-corrected chi connectivity index (χ1v) is 9.42. The van der Waals surface area contributed by atoms with Gasteiger partial charge in [0, 0.05) is 30.7 Å². The Kier molecular flexibility index (Phi) is 4.87. The largest absolute Gasteiger partial charge is 0.477 e. The second-order valence-corrected chi connectivity index (χ2v) is 7.59. The van der Waals surface area contributed by atoms with E-state index < -0.39 is 28.6 Å². The third-order valence-corrected chi connectivity index (χ3v) is 5.50. The first-order valence-electron chi connectivity index (χ1n) is 9.05. The number of hydrogen-bond donors (Lipinski definition) is 3. The zero-order valence-electron chi connectivity index (χ0n) is 15.5. The molecule has 3 aromatic rings. The van der Waals surface area contributed by atoms with Crippen LogP contribution in [0.2, 0.25) is 5.02 Å². The maximum atomic E-state index is 14.9.